The summed E-state index contributed by atoms with van der Waals surface area (Å²) in [6, 6.07) is 6.33. The Morgan fingerprint density at radius 1 is 1.32 bits per heavy atom. The van der Waals surface area contributed by atoms with E-state index >= 15 is 0 Å². The van der Waals surface area contributed by atoms with E-state index in [1.807, 2.05) is 13.8 Å². The van der Waals surface area contributed by atoms with Crippen LogP contribution < -0.4 is 5.32 Å². The van der Waals surface area contributed by atoms with E-state index in [-0.39, 0.29) is 23.6 Å². The summed E-state index contributed by atoms with van der Waals surface area (Å²) >= 11 is 0. The molecule has 0 amide bonds. The molecule has 0 radical (unpaired) electrons. The average Bonchev–Trinajstić information content (AvgIpc) is 2.36. The van der Waals surface area contributed by atoms with Crippen LogP contribution in [0.1, 0.15) is 26.3 Å². The molecule has 0 saturated heterocycles. The van der Waals surface area contributed by atoms with Crippen molar-refractivity contribution >= 4 is 5.97 Å². The summed E-state index contributed by atoms with van der Waals surface area (Å²) in [5.41, 5.74) is 0.993. The number of ether oxygens (including phenoxy) is 1. The van der Waals surface area contributed by atoms with Gasteiger partial charge in [0.2, 0.25) is 0 Å². The zero-order valence-electron chi connectivity index (χ0n) is 11.8. The SMILES string of the molecule is CCOC(=O)C(CNCc1ccc(F)cc1)C(C)C. The van der Waals surface area contributed by atoms with Crippen molar-refractivity contribution in [2.45, 2.75) is 27.3 Å². The normalized spacial score (nSPS) is 12.5. The molecule has 1 rings (SSSR count). The summed E-state index contributed by atoms with van der Waals surface area (Å²) in [5, 5.41) is 3.22. The van der Waals surface area contributed by atoms with Gasteiger partial charge in [0.05, 0.1) is 12.5 Å². The van der Waals surface area contributed by atoms with Crippen LogP contribution in [-0.4, -0.2) is 19.1 Å². The number of carbonyl (C=O) groups is 1. The second-order valence-corrected chi connectivity index (χ2v) is 4.86. The monoisotopic (exact) mass is 267 g/mol. The standard InChI is InChI=1S/C15H22FNO2/c1-4-19-15(18)14(11(2)3)10-17-9-12-5-7-13(16)8-6-12/h5-8,11,14,17H,4,9-10H2,1-3H3. The highest BCUT2D eigenvalue weighted by Gasteiger charge is 2.22. The van der Waals surface area contributed by atoms with Crippen molar-refractivity contribution in [2.24, 2.45) is 11.8 Å². The Balaban J connectivity index is 2.44. The smallest absolute Gasteiger partial charge is 0.310 e. The number of benzene rings is 1. The Labute approximate surface area is 114 Å². The summed E-state index contributed by atoms with van der Waals surface area (Å²) < 4.78 is 17.8. The quantitative estimate of drug-likeness (QED) is 0.772. The molecule has 106 valence electrons. The molecule has 3 nitrogen and oxygen atoms in total. The number of esters is 1. The third-order valence-electron chi connectivity index (χ3n) is 3.00. The van der Waals surface area contributed by atoms with E-state index in [1.165, 1.54) is 12.1 Å². The maximum Gasteiger partial charge on any atom is 0.310 e. The molecule has 1 atom stereocenters. The fourth-order valence-electron chi connectivity index (χ4n) is 1.81. The highest BCUT2D eigenvalue weighted by Crippen LogP contribution is 2.12. The number of hydrogen-bond donors (Lipinski definition) is 1. The Morgan fingerprint density at radius 2 is 1.95 bits per heavy atom. The van der Waals surface area contributed by atoms with Crippen molar-refractivity contribution in [2.75, 3.05) is 13.2 Å². The van der Waals surface area contributed by atoms with Crippen LogP contribution in [0.25, 0.3) is 0 Å². The molecule has 0 bridgehead atoms. The lowest BCUT2D eigenvalue weighted by Gasteiger charge is -2.19. The van der Waals surface area contributed by atoms with Gasteiger partial charge in [-0.1, -0.05) is 26.0 Å². The van der Waals surface area contributed by atoms with Crippen molar-refractivity contribution in [1.29, 1.82) is 0 Å². The lowest BCUT2D eigenvalue weighted by Crippen LogP contribution is -2.33. The predicted molar refractivity (Wildman–Crippen MR) is 73.1 cm³/mol. The molecule has 0 spiro atoms. The fraction of sp³-hybridized carbons (Fsp3) is 0.533. The summed E-state index contributed by atoms with van der Waals surface area (Å²) in [6.07, 6.45) is 0. The van der Waals surface area contributed by atoms with Gasteiger partial charge in [-0.3, -0.25) is 4.79 Å². The predicted octanol–water partition coefficient (Wildman–Crippen LogP) is 2.75. The van der Waals surface area contributed by atoms with Gasteiger partial charge < -0.3 is 10.1 Å². The van der Waals surface area contributed by atoms with E-state index in [1.54, 1.807) is 19.1 Å². The van der Waals surface area contributed by atoms with Gasteiger partial charge in [0.15, 0.2) is 0 Å². The lowest BCUT2D eigenvalue weighted by molar-refractivity contribution is -0.149. The van der Waals surface area contributed by atoms with Gasteiger partial charge in [0.25, 0.3) is 0 Å². The van der Waals surface area contributed by atoms with Crippen LogP contribution in [0.5, 0.6) is 0 Å². The van der Waals surface area contributed by atoms with Crippen LogP contribution in [-0.2, 0) is 16.1 Å². The Hall–Kier alpha value is -1.42. The third-order valence-corrected chi connectivity index (χ3v) is 3.00. The molecule has 1 unspecified atom stereocenters. The van der Waals surface area contributed by atoms with Gasteiger partial charge >= 0.3 is 5.97 Å². The Kier molecular flexibility index (Phi) is 6.50. The molecule has 0 aromatic heterocycles. The van der Waals surface area contributed by atoms with Gasteiger partial charge in [0, 0.05) is 13.1 Å². The Bertz CT molecular complexity index is 390. The fourth-order valence-corrected chi connectivity index (χ4v) is 1.81. The molecule has 0 heterocycles. The minimum Gasteiger partial charge on any atom is -0.466 e. The number of nitrogens with one attached hydrogen (secondary N) is 1. The highest BCUT2D eigenvalue weighted by molar-refractivity contribution is 5.72. The van der Waals surface area contributed by atoms with Crippen LogP contribution >= 0.6 is 0 Å². The molecule has 4 heteroatoms. The number of rotatable bonds is 7. The van der Waals surface area contributed by atoms with Gasteiger partial charge in [-0.05, 0) is 30.5 Å². The van der Waals surface area contributed by atoms with Crippen LogP contribution in [0.15, 0.2) is 24.3 Å². The largest absolute Gasteiger partial charge is 0.466 e. The lowest BCUT2D eigenvalue weighted by atomic mass is 9.96. The molecular weight excluding hydrogens is 245 g/mol. The molecule has 1 aromatic rings. The van der Waals surface area contributed by atoms with Crippen molar-refractivity contribution in [3.63, 3.8) is 0 Å². The van der Waals surface area contributed by atoms with Gasteiger partial charge in [0.1, 0.15) is 5.82 Å². The first-order valence-corrected chi connectivity index (χ1v) is 6.66. The van der Waals surface area contributed by atoms with E-state index in [0.717, 1.165) is 5.56 Å². The van der Waals surface area contributed by atoms with Crippen molar-refractivity contribution in [3.05, 3.63) is 35.6 Å². The summed E-state index contributed by atoms with van der Waals surface area (Å²) in [6.45, 7) is 7.39. The maximum absolute atomic E-state index is 12.8. The zero-order valence-corrected chi connectivity index (χ0v) is 11.8. The number of carbonyl (C=O) groups excluding carboxylic acids is 1. The third kappa shape index (κ3) is 5.39. The minimum atomic E-state index is -0.240. The van der Waals surface area contributed by atoms with Crippen molar-refractivity contribution < 1.29 is 13.9 Å². The van der Waals surface area contributed by atoms with Crippen molar-refractivity contribution in [3.8, 4) is 0 Å². The first-order chi connectivity index (χ1) is 9.04. The van der Waals surface area contributed by atoms with Gasteiger partial charge in [-0.15, -0.1) is 0 Å². The molecule has 1 aromatic carbocycles. The van der Waals surface area contributed by atoms with E-state index in [4.69, 9.17) is 4.74 Å². The topological polar surface area (TPSA) is 38.3 Å². The van der Waals surface area contributed by atoms with E-state index in [2.05, 4.69) is 5.32 Å². The zero-order chi connectivity index (χ0) is 14.3. The van der Waals surface area contributed by atoms with Crippen LogP contribution in [0.2, 0.25) is 0 Å². The number of halogens is 1. The minimum absolute atomic E-state index is 0.152. The van der Waals surface area contributed by atoms with E-state index in [9.17, 15) is 9.18 Å². The molecular formula is C15H22FNO2. The van der Waals surface area contributed by atoms with Crippen LogP contribution in [0.4, 0.5) is 4.39 Å². The van der Waals surface area contributed by atoms with Gasteiger partial charge in [-0.25, -0.2) is 4.39 Å². The summed E-state index contributed by atoms with van der Waals surface area (Å²) in [4.78, 5) is 11.8. The molecule has 0 fully saturated rings. The Morgan fingerprint density at radius 3 is 2.47 bits per heavy atom. The van der Waals surface area contributed by atoms with Crippen LogP contribution in [0, 0.1) is 17.7 Å². The van der Waals surface area contributed by atoms with E-state index < -0.39 is 0 Å². The molecule has 0 saturated carbocycles. The van der Waals surface area contributed by atoms with Crippen molar-refractivity contribution in [1.82, 2.24) is 5.32 Å². The molecule has 0 aliphatic heterocycles. The molecule has 1 N–H and O–H groups in total. The maximum atomic E-state index is 12.8. The van der Waals surface area contributed by atoms with Crippen LogP contribution in [0.3, 0.4) is 0 Å². The highest BCUT2D eigenvalue weighted by atomic mass is 19.1. The average molecular weight is 267 g/mol. The summed E-state index contributed by atoms with van der Waals surface area (Å²) in [5.74, 6) is -0.334. The molecule has 19 heavy (non-hydrogen) atoms. The first kappa shape index (κ1) is 15.6. The second kappa shape index (κ2) is 7.89. The first-order valence-electron chi connectivity index (χ1n) is 6.66. The van der Waals surface area contributed by atoms with Gasteiger partial charge in [-0.2, -0.15) is 0 Å². The number of hydrogen-bond acceptors (Lipinski definition) is 3. The molecule has 0 aliphatic rings. The molecule has 0 aliphatic carbocycles. The summed E-state index contributed by atoms with van der Waals surface area (Å²) in [7, 11) is 0. The van der Waals surface area contributed by atoms with E-state index in [0.29, 0.717) is 19.7 Å². The second-order valence-electron chi connectivity index (χ2n) is 4.86.